The second-order valence-corrected chi connectivity index (χ2v) is 20.8. The van der Waals surface area contributed by atoms with Crippen LogP contribution in [0.1, 0.15) is 78.4 Å². The zero-order chi connectivity index (χ0) is 44.1. The molecule has 5 nitrogen and oxygen atoms in total. The van der Waals surface area contributed by atoms with Crippen LogP contribution in [0.25, 0.3) is 61.8 Å². The number of furan rings is 2. The summed E-state index contributed by atoms with van der Waals surface area (Å²) in [6.45, 7) is 16.1. The van der Waals surface area contributed by atoms with Gasteiger partial charge in [0, 0.05) is 50.1 Å². The molecule has 318 valence electrons. The first kappa shape index (κ1) is 38.5. The summed E-state index contributed by atoms with van der Waals surface area (Å²) < 4.78 is 16.0. The third-order valence-corrected chi connectivity index (χ3v) is 14.7. The molecule has 0 unspecified atom stereocenters. The number of hydrogen-bond acceptors (Lipinski definition) is 4. The van der Waals surface area contributed by atoms with Crippen molar-refractivity contribution in [3.05, 3.63) is 160 Å². The average Bonchev–Trinajstić information content (AvgIpc) is 3.97. The van der Waals surface area contributed by atoms with E-state index in [-0.39, 0.29) is 17.5 Å². The Hall–Kier alpha value is -6.92. The summed E-state index contributed by atoms with van der Waals surface area (Å²) in [5.41, 5.74) is 22.6. The van der Waals surface area contributed by atoms with E-state index in [9.17, 15) is 0 Å². The van der Waals surface area contributed by atoms with Gasteiger partial charge in [-0.15, -0.1) is 0 Å². The number of aryl methyl sites for hydroxylation is 1. The lowest BCUT2D eigenvalue weighted by Gasteiger charge is -2.41. The van der Waals surface area contributed by atoms with Crippen molar-refractivity contribution in [1.82, 2.24) is 4.57 Å². The Labute approximate surface area is 380 Å². The average molecular weight is 846 g/mol. The predicted molar refractivity (Wildman–Crippen MR) is 274 cm³/mol. The maximum atomic E-state index is 6.82. The number of allylic oxidation sites excluding steroid dienone is 4. The van der Waals surface area contributed by atoms with Gasteiger partial charge in [0.2, 0.25) is 0 Å². The molecule has 2 aliphatic heterocycles. The number of aromatic nitrogens is 1. The Kier molecular flexibility index (Phi) is 8.04. The lowest BCUT2D eigenvalue weighted by molar-refractivity contribution is 0.479. The quantitative estimate of drug-likeness (QED) is 0.165. The van der Waals surface area contributed by atoms with E-state index >= 15 is 0 Å². The number of nitrogens with zero attached hydrogens (tertiary/aromatic N) is 3. The normalized spacial score (nSPS) is 15.4. The van der Waals surface area contributed by atoms with Gasteiger partial charge in [0.15, 0.2) is 5.58 Å². The highest BCUT2D eigenvalue weighted by Crippen LogP contribution is 2.48. The van der Waals surface area contributed by atoms with Crippen LogP contribution in [0.15, 0.2) is 148 Å². The Morgan fingerprint density at radius 3 is 2.15 bits per heavy atom. The topological polar surface area (TPSA) is 37.7 Å². The van der Waals surface area contributed by atoms with Crippen LogP contribution < -0.4 is 36.8 Å². The van der Waals surface area contributed by atoms with Crippen molar-refractivity contribution in [2.75, 3.05) is 9.80 Å². The zero-order valence-electron chi connectivity index (χ0n) is 38.3. The van der Waals surface area contributed by atoms with Gasteiger partial charge in [-0.3, -0.25) is 0 Å². The predicted octanol–water partition coefficient (Wildman–Crippen LogP) is 12.6. The summed E-state index contributed by atoms with van der Waals surface area (Å²) in [5, 5.41) is 4.62. The number of hydrogen-bond donors (Lipinski definition) is 0. The van der Waals surface area contributed by atoms with Gasteiger partial charge in [-0.1, -0.05) is 114 Å². The SMILES string of the molecule is Cc1cc2c3c(c1)-n1c4c(cccc4c4oc5c(c41)=CCCC=5)B3c1ccc(N(C3=CC=C(C(C)(C)C)CC3)c3ccc(C(C)(C)C)cc3)cc1N2c1cccc2oc3ccccc3c12. The molecule has 6 aromatic carbocycles. The first-order valence-electron chi connectivity index (χ1n) is 23.5. The molecule has 0 radical (unpaired) electrons. The molecule has 0 amide bonds. The van der Waals surface area contributed by atoms with Crippen molar-refractivity contribution in [2.24, 2.45) is 5.41 Å². The van der Waals surface area contributed by atoms with Gasteiger partial charge in [0.25, 0.3) is 6.71 Å². The summed E-state index contributed by atoms with van der Waals surface area (Å²) in [7, 11) is 0. The van der Waals surface area contributed by atoms with Crippen molar-refractivity contribution in [3.63, 3.8) is 0 Å². The molecule has 65 heavy (non-hydrogen) atoms. The summed E-state index contributed by atoms with van der Waals surface area (Å²) in [6, 6.07) is 43.3. The van der Waals surface area contributed by atoms with Gasteiger partial charge in [-0.25, -0.2) is 0 Å². The summed E-state index contributed by atoms with van der Waals surface area (Å²) in [4.78, 5) is 5.08. The minimum absolute atomic E-state index is 0.00605. The molecule has 0 N–H and O–H groups in total. The highest BCUT2D eigenvalue weighted by Gasteiger charge is 2.43. The van der Waals surface area contributed by atoms with E-state index in [1.807, 2.05) is 0 Å². The summed E-state index contributed by atoms with van der Waals surface area (Å²) >= 11 is 0. The van der Waals surface area contributed by atoms with Gasteiger partial charge in [-0.05, 0) is 144 Å². The van der Waals surface area contributed by atoms with E-state index in [4.69, 9.17) is 8.83 Å². The lowest BCUT2D eigenvalue weighted by Crippen LogP contribution is -2.60. The number of benzene rings is 6. The fourth-order valence-corrected chi connectivity index (χ4v) is 11.6. The van der Waals surface area contributed by atoms with E-state index in [1.165, 1.54) is 83.2 Å². The van der Waals surface area contributed by atoms with Crippen LogP contribution in [0.4, 0.5) is 28.4 Å². The molecule has 0 saturated carbocycles. The molecule has 0 spiro atoms. The highest BCUT2D eigenvalue weighted by molar-refractivity contribution is 7.00. The van der Waals surface area contributed by atoms with Crippen LogP contribution in [0.5, 0.6) is 0 Å². The zero-order valence-corrected chi connectivity index (χ0v) is 38.3. The van der Waals surface area contributed by atoms with Crippen LogP contribution in [-0.4, -0.2) is 11.3 Å². The lowest BCUT2D eigenvalue weighted by atomic mass is 9.33. The van der Waals surface area contributed by atoms with Crippen LogP contribution in [0.3, 0.4) is 0 Å². The molecule has 0 fully saturated rings. The Bertz CT molecular complexity index is 3710. The van der Waals surface area contributed by atoms with Crippen molar-refractivity contribution >= 4 is 108 Å². The van der Waals surface area contributed by atoms with Crippen molar-refractivity contribution in [3.8, 4) is 5.69 Å². The molecule has 4 aliphatic rings. The van der Waals surface area contributed by atoms with E-state index in [1.54, 1.807) is 0 Å². The van der Waals surface area contributed by atoms with Gasteiger partial charge in [0.1, 0.15) is 22.1 Å². The van der Waals surface area contributed by atoms with Crippen LogP contribution >= 0.6 is 0 Å². The minimum Gasteiger partial charge on any atom is -0.456 e. The highest BCUT2D eigenvalue weighted by atomic mass is 16.3. The number of fused-ring (bicyclic) bond motifs is 12. The third kappa shape index (κ3) is 5.59. The molecular formula is C59H52BN3O2. The molecular weight excluding hydrogens is 793 g/mol. The first-order chi connectivity index (χ1) is 31.4. The largest absolute Gasteiger partial charge is 0.456 e. The molecule has 0 atom stereocenters. The van der Waals surface area contributed by atoms with E-state index in [2.05, 4.69) is 202 Å². The van der Waals surface area contributed by atoms with Crippen molar-refractivity contribution < 1.29 is 8.83 Å². The molecule has 2 aliphatic carbocycles. The third-order valence-electron chi connectivity index (χ3n) is 14.7. The second-order valence-electron chi connectivity index (χ2n) is 20.8. The van der Waals surface area contributed by atoms with E-state index < -0.39 is 0 Å². The molecule has 0 saturated heterocycles. The Morgan fingerprint density at radius 1 is 0.600 bits per heavy atom. The van der Waals surface area contributed by atoms with Crippen molar-refractivity contribution in [2.45, 2.75) is 79.6 Å². The molecule has 6 heteroatoms. The monoisotopic (exact) mass is 845 g/mol. The minimum atomic E-state index is -0.00605. The van der Waals surface area contributed by atoms with Crippen LogP contribution in [-0.2, 0) is 5.41 Å². The molecule has 5 heterocycles. The summed E-state index contributed by atoms with van der Waals surface area (Å²) in [5.74, 6) is 0. The Balaban J connectivity index is 1.12. The standard InChI is InChI=1S/C59H52BN3O2/c1-35-32-48-54-49(33-35)63-55-43(57-56(63)42-15-9-11-20-51(42)65-57)16-12-17-45(55)60(54)44-31-30-40(34-47(44)62(48)46-18-13-21-52-53(46)41-14-8-10-19-50(41)64-52)61(38-26-22-36(23-27-38)58(2,3)4)39-28-24-37(25-29-39)59(5,6)7/h8,10,12-24,26-28,30-34H,9,11,25,29H2,1-7H3. The number of rotatable bonds is 4. The van der Waals surface area contributed by atoms with Gasteiger partial charge < -0.3 is 23.2 Å². The van der Waals surface area contributed by atoms with Crippen LogP contribution in [0.2, 0.25) is 0 Å². The number of para-hydroxylation sites is 2. The van der Waals surface area contributed by atoms with Crippen LogP contribution in [0, 0.1) is 12.3 Å². The molecule has 13 rings (SSSR count). The van der Waals surface area contributed by atoms with Crippen molar-refractivity contribution in [1.29, 1.82) is 0 Å². The van der Waals surface area contributed by atoms with Gasteiger partial charge in [-0.2, -0.15) is 0 Å². The number of anilines is 5. The smallest absolute Gasteiger partial charge is 0.252 e. The first-order valence-corrected chi connectivity index (χ1v) is 23.5. The molecule has 0 bridgehead atoms. The maximum Gasteiger partial charge on any atom is 0.252 e. The molecule has 3 aromatic heterocycles. The van der Waals surface area contributed by atoms with E-state index in [0.29, 0.717) is 0 Å². The van der Waals surface area contributed by atoms with E-state index in [0.717, 1.165) is 70.0 Å². The maximum absolute atomic E-state index is 6.82. The van der Waals surface area contributed by atoms with Gasteiger partial charge in [0.05, 0.1) is 16.6 Å². The second kappa shape index (κ2) is 13.6. The summed E-state index contributed by atoms with van der Waals surface area (Å²) in [6.07, 6.45) is 13.4. The van der Waals surface area contributed by atoms with Gasteiger partial charge >= 0.3 is 0 Å². The fraction of sp³-hybridized carbons (Fsp3) is 0.220. The Morgan fingerprint density at radius 2 is 1.35 bits per heavy atom. The fourth-order valence-electron chi connectivity index (χ4n) is 11.6. The molecule has 9 aromatic rings.